The molecule has 2 rings (SSSR count). The minimum atomic E-state index is 0.286. The van der Waals surface area contributed by atoms with Gasteiger partial charge in [0.2, 0.25) is 0 Å². The van der Waals surface area contributed by atoms with E-state index < -0.39 is 0 Å². The molecule has 0 amide bonds. The van der Waals surface area contributed by atoms with Crippen molar-refractivity contribution in [3.63, 3.8) is 0 Å². The number of nitrogens with two attached hydrogens (primary N) is 1. The van der Waals surface area contributed by atoms with Gasteiger partial charge in [-0.2, -0.15) is 0 Å². The van der Waals surface area contributed by atoms with Crippen molar-refractivity contribution in [1.29, 1.82) is 0 Å². The molecule has 0 atom stereocenters. The fourth-order valence-electron chi connectivity index (χ4n) is 2.82. The molecular weight excluding hydrogens is 184 g/mol. The molecule has 1 aliphatic rings. The fourth-order valence-corrected chi connectivity index (χ4v) is 2.82. The molecule has 1 heterocycles. The lowest BCUT2D eigenvalue weighted by Gasteiger charge is -2.36. The molecule has 0 bridgehead atoms. The Hall–Kier alpha value is -0.890. The first-order valence-electron chi connectivity index (χ1n) is 5.99. The molecule has 2 heteroatoms. The molecule has 0 radical (unpaired) electrons. The van der Waals surface area contributed by atoms with Crippen LogP contribution in [0.4, 0.5) is 0 Å². The number of pyridine rings is 1. The lowest BCUT2D eigenvalue weighted by Crippen LogP contribution is -2.32. The van der Waals surface area contributed by atoms with Gasteiger partial charge in [0.25, 0.3) is 0 Å². The first kappa shape index (κ1) is 10.6. The van der Waals surface area contributed by atoms with Gasteiger partial charge in [0, 0.05) is 17.3 Å². The second-order valence-electron chi connectivity index (χ2n) is 4.59. The lowest BCUT2D eigenvalue weighted by molar-refractivity contribution is 0.271. The third-order valence-corrected chi connectivity index (χ3v) is 3.64. The molecule has 0 spiro atoms. The summed E-state index contributed by atoms with van der Waals surface area (Å²) in [6.45, 7) is 0.774. The Bertz CT molecular complexity index is 283. The van der Waals surface area contributed by atoms with Crippen LogP contribution in [0.2, 0.25) is 0 Å². The van der Waals surface area contributed by atoms with Gasteiger partial charge in [0.05, 0.1) is 0 Å². The summed E-state index contributed by atoms with van der Waals surface area (Å²) in [6, 6.07) is 6.25. The quantitative estimate of drug-likeness (QED) is 0.822. The highest BCUT2D eigenvalue weighted by Gasteiger charge is 2.33. The molecular formula is C13H20N2. The van der Waals surface area contributed by atoms with E-state index in [-0.39, 0.29) is 5.41 Å². The monoisotopic (exact) mass is 204 g/mol. The van der Waals surface area contributed by atoms with Crippen LogP contribution < -0.4 is 5.73 Å². The van der Waals surface area contributed by atoms with Gasteiger partial charge in [0.1, 0.15) is 0 Å². The topological polar surface area (TPSA) is 38.9 Å². The van der Waals surface area contributed by atoms with Crippen molar-refractivity contribution in [3.05, 3.63) is 30.1 Å². The van der Waals surface area contributed by atoms with E-state index in [1.165, 1.54) is 37.8 Å². The fraction of sp³-hybridized carbons (Fsp3) is 0.615. The highest BCUT2D eigenvalue weighted by atomic mass is 14.7. The average molecular weight is 204 g/mol. The van der Waals surface area contributed by atoms with Gasteiger partial charge in [0.15, 0.2) is 0 Å². The first-order valence-corrected chi connectivity index (χ1v) is 5.99. The van der Waals surface area contributed by atoms with E-state index >= 15 is 0 Å². The molecule has 1 saturated carbocycles. The van der Waals surface area contributed by atoms with Crippen LogP contribution in [0.1, 0.15) is 44.2 Å². The third kappa shape index (κ3) is 2.20. The highest BCUT2D eigenvalue weighted by Crippen LogP contribution is 2.40. The first-order chi connectivity index (χ1) is 7.37. The van der Waals surface area contributed by atoms with Gasteiger partial charge < -0.3 is 5.73 Å². The number of aromatic nitrogens is 1. The maximum atomic E-state index is 5.75. The molecule has 1 aromatic rings. The summed E-state index contributed by atoms with van der Waals surface area (Å²) in [5.41, 5.74) is 7.30. The maximum absolute atomic E-state index is 5.75. The second-order valence-corrected chi connectivity index (χ2v) is 4.59. The normalized spacial score (nSPS) is 20.1. The van der Waals surface area contributed by atoms with Crippen molar-refractivity contribution in [2.24, 2.45) is 5.73 Å². The predicted octanol–water partition coefficient (Wildman–Crippen LogP) is 2.63. The Balaban J connectivity index is 2.25. The van der Waals surface area contributed by atoms with Crippen molar-refractivity contribution in [2.45, 2.75) is 43.9 Å². The lowest BCUT2D eigenvalue weighted by atomic mass is 9.69. The minimum absolute atomic E-state index is 0.286. The Labute approximate surface area is 91.9 Å². The van der Waals surface area contributed by atoms with Crippen molar-refractivity contribution in [3.8, 4) is 0 Å². The largest absolute Gasteiger partial charge is 0.330 e. The number of hydrogen-bond donors (Lipinski definition) is 1. The van der Waals surface area contributed by atoms with Crippen molar-refractivity contribution >= 4 is 0 Å². The van der Waals surface area contributed by atoms with Crippen molar-refractivity contribution < 1.29 is 0 Å². The SMILES string of the molecule is NCCC1(c2ccccn2)CCCCC1. The van der Waals surface area contributed by atoms with Gasteiger partial charge >= 0.3 is 0 Å². The Morgan fingerprint density at radius 3 is 2.60 bits per heavy atom. The van der Waals surface area contributed by atoms with Gasteiger partial charge in [-0.15, -0.1) is 0 Å². The molecule has 0 aliphatic heterocycles. The van der Waals surface area contributed by atoms with E-state index in [0.29, 0.717) is 0 Å². The minimum Gasteiger partial charge on any atom is -0.330 e. The Kier molecular flexibility index (Phi) is 3.37. The van der Waals surface area contributed by atoms with Crippen LogP contribution in [0.3, 0.4) is 0 Å². The van der Waals surface area contributed by atoms with Gasteiger partial charge in [-0.3, -0.25) is 4.98 Å². The van der Waals surface area contributed by atoms with E-state index in [1.54, 1.807) is 0 Å². The molecule has 2 N–H and O–H groups in total. The van der Waals surface area contributed by atoms with Gasteiger partial charge in [-0.25, -0.2) is 0 Å². The molecule has 82 valence electrons. The van der Waals surface area contributed by atoms with Crippen molar-refractivity contribution in [1.82, 2.24) is 4.98 Å². The second kappa shape index (κ2) is 4.75. The molecule has 0 aromatic carbocycles. The van der Waals surface area contributed by atoms with Crippen LogP contribution in [0.5, 0.6) is 0 Å². The van der Waals surface area contributed by atoms with Gasteiger partial charge in [-0.1, -0.05) is 25.3 Å². The van der Waals surface area contributed by atoms with Crippen molar-refractivity contribution in [2.75, 3.05) is 6.54 Å². The van der Waals surface area contributed by atoms with Crippen LogP contribution in [0.25, 0.3) is 0 Å². The molecule has 1 fully saturated rings. The summed E-state index contributed by atoms with van der Waals surface area (Å²) in [4.78, 5) is 4.54. The van der Waals surface area contributed by atoms with Crippen LogP contribution in [-0.2, 0) is 5.41 Å². The molecule has 15 heavy (non-hydrogen) atoms. The van der Waals surface area contributed by atoms with Crippen LogP contribution in [-0.4, -0.2) is 11.5 Å². The van der Waals surface area contributed by atoms with E-state index in [0.717, 1.165) is 13.0 Å². The Morgan fingerprint density at radius 1 is 1.20 bits per heavy atom. The van der Waals surface area contributed by atoms with E-state index in [9.17, 15) is 0 Å². The standard InChI is InChI=1S/C13H20N2/c14-10-9-13(7-3-1-4-8-13)12-6-2-5-11-15-12/h2,5-6,11H,1,3-4,7-10,14H2. The summed E-state index contributed by atoms with van der Waals surface area (Å²) < 4.78 is 0. The zero-order chi connectivity index (χ0) is 10.6. The summed E-state index contributed by atoms with van der Waals surface area (Å²) in [7, 11) is 0. The molecule has 2 nitrogen and oxygen atoms in total. The predicted molar refractivity (Wildman–Crippen MR) is 62.7 cm³/mol. The molecule has 1 aromatic heterocycles. The van der Waals surface area contributed by atoms with Crippen LogP contribution in [0.15, 0.2) is 24.4 Å². The number of hydrogen-bond acceptors (Lipinski definition) is 2. The summed E-state index contributed by atoms with van der Waals surface area (Å²) >= 11 is 0. The maximum Gasteiger partial charge on any atom is 0.0465 e. The summed E-state index contributed by atoms with van der Waals surface area (Å²) in [6.07, 6.45) is 9.56. The van der Waals surface area contributed by atoms with Gasteiger partial charge in [-0.05, 0) is 37.9 Å². The van der Waals surface area contributed by atoms with E-state index in [1.807, 2.05) is 12.3 Å². The van der Waals surface area contributed by atoms with Crippen LogP contribution >= 0.6 is 0 Å². The van der Waals surface area contributed by atoms with E-state index in [2.05, 4.69) is 17.1 Å². The zero-order valence-corrected chi connectivity index (χ0v) is 9.28. The van der Waals surface area contributed by atoms with Crippen LogP contribution in [0, 0.1) is 0 Å². The summed E-state index contributed by atoms with van der Waals surface area (Å²) in [5.74, 6) is 0. The zero-order valence-electron chi connectivity index (χ0n) is 9.28. The highest BCUT2D eigenvalue weighted by molar-refractivity contribution is 5.18. The average Bonchev–Trinajstić information content (AvgIpc) is 2.32. The molecule has 1 aliphatic carbocycles. The molecule has 0 saturated heterocycles. The number of rotatable bonds is 3. The van der Waals surface area contributed by atoms with E-state index in [4.69, 9.17) is 5.73 Å². The number of nitrogens with zero attached hydrogens (tertiary/aromatic N) is 1. The smallest absolute Gasteiger partial charge is 0.0465 e. The Morgan fingerprint density at radius 2 is 2.00 bits per heavy atom. The summed E-state index contributed by atoms with van der Waals surface area (Å²) in [5, 5.41) is 0. The molecule has 0 unspecified atom stereocenters. The third-order valence-electron chi connectivity index (χ3n) is 3.64.